The number of nitrogens with zero attached hydrogens (tertiary/aromatic N) is 1. The minimum absolute atomic E-state index is 0.0202. The van der Waals surface area contributed by atoms with E-state index in [1.165, 1.54) is 5.56 Å². The van der Waals surface area contributed by atoms with E-state index in [2.05, 4.69) is 5.32 Å². The second kappa shape index (κ2) is 8.78. The molecule has 1 aliphatic heterocycles. The van der Waals surface area contributed by atoms with Crippen LogP contribution in [0, 0.1) is 12.8 Å². The molecule has 0 saturated carbocycles. The number of rotatable bonds is 7. The third-order valence-electron chi connectivity index (χ3n) is 4.99. The van der Waals surface area contributed by atoms with Crippen molar-refractivity contribution in [1.29, 1.82) is 0 Å². The quantitative estimate of drug-likeness (QED) is 0.799. The van der Waals surface area contributed by atoms with Gasteiger partial charge in [-0.1, -0.05) is 35.9 Å². The molecule has 2 aromatic rings. The topological polar surface area (TPSA) is 67.9 Å². The van der Waals surface area contributed by atoms with Gasteiger partial charge >= 0.3 is 0 Å². The molecule has 0 spiro atoms. The maximum Gasteiger partial charge on any atom is 0.225 e. The van der Waals surface area contributed by atoms with Crippen molar-refractivity contribution in [3.63, 3.8) is 0 Å². The van der Waals surface area contributed by atoms with Crippen LogP contribution in [0.4, 0.5) is 0 Å². The van der Waals surface area contributed by atoms with E-state index in [9.17, 15) is 9.59 Å². The van der Waals surface area contributed by atoms with Gasteiger partial charge in [-0.2, -0.15) is 0 Å². The summed E-state index contributed by atoms with van der Waals surface area (Å²) in [5.41, 5.74) is 3.17. The molecule has 0 radical (unpaired) electrons. The molecule has 6 nitrogen and oxygen atoms in total. The van der Waals surface area contributed by atoms with Gasteiger partial charge in [0.05, 0.1) is 20.1 Å². The lowest BCUT2D eigenvalue weighted by Crippen LogP contribution is -2.32. The molecule has 1 unspecified atom stereocenters. The maximum absolute atomic E-state index is 12.5. The van der Waals surface area contributed by atoms with Gasteiger partial charge in [0.2, 0.25) is 11.8 Å². The third-order valence-corrected chi connectivity index (χ3v) is 4.99. The van der Waals surface area contributed by atoms with Crippen molar-refractivity contribution in [2.45, 2.75) is 26.4 Å². The Labute approximate surface area is 165 Å². The van der Waals surface area contributed by atoms with Crippen molar-refractivity contribution in [2.75, 3.05) is 20.8 Å². The van der Waals surface area contributed by atoms with Crippen LogP contribution in [-0.4, -0.2) is 37.5 Å². The number of amides is 2. The molecule has 1 heterocycles. The van der Waals surface area contributed by atoms with Gasteiger partial charge in [-0.05, 0) is 30.2 Å². The smallest absolute Gasteiger partial charge is 0.225 e. The van der Waals surface area contributed by atoms with Crippen molar-refractivity contribution in [3.8, 4) is 11.5 Å². The van der Waals surface area contributed by atoms with Gasteiger partial charge in [0.1, 0.15) is 0 Å². The fourth-order valence-corrected chi connectivity index (χ4v) is 3.34. The van der Waals surface area contributed by atoms with Crippen LogP contribution in [0.3, 0.4) is 0 Å². The van der Waals surface area contributed by atoms with E-state index in [0.29, 0.717) is 31.1 Å². The van der Waals surface area contributed by atoms with Gasteiger partial charge in [-0.3, -0.25) is 9.59 Å². The van der Waals surface area contributed by atoms with Crippen LogP contribution in [-0.2, 0) is 22.7 Å². The Bertz CT molecular complexity index is 848. The highest BCUT2D eigenvalue weighted by Gasteiger charge is 2.34. The highest BCUT2D eigenvalue weighted by atomic mass is 16.5. The van der Waals surface area contributed by atoms with Crippen molar-refractivity contribution in [2.24, 2.45) is 5.92 Å². The molecule has 1 aliphatic rings. The summed E-state index contributed by atoms with van der Waals surface area (Å²) in [6.45, 7) is 3.40. The van der Waals surface area contributed by atoms with Gasteiger partial charge in [0.15, 0.2) is 11.5 Å². The number of carbonyl (C=O) groups is 2. The number of hydrogen-bond acceptors (Lipinski definition) is 4. The van der Waals surface area contributed by atoms with Crippen LogP contribution in [0.15, 0.2) is 42.5 Å². The first kappa shape index (κ1) is 19.7. The van der Waals surface area contributed by atoms with E-state index in [4.69, 9.17) is 9.47 Å². The SMILES string of the molecule is COc1ccc(CNC(=O)C2CC(=O)N(Cc3ccc(C)cc3)C2)cc1OC. The van der Waals surface area contributed by atoms with Gasteiger partial charge in [0.25, 0.3) is 0 Å². The van der Waals surface area contributed by atoms with E-state index in [1.807, 2.05) is 49.4 Å². The number of carbonyl (C=O) groups excluding carboxylic acids is 2. The van der Waals surface area contributed by atoms with E-state index < -0.39 is 0 Å². The first-order valence-corrected chi connectivity index (χ1v) is 9.32. The Morgan fingerprint density at radius 1 is 1.07 bits per heavy atom. The zero-order chi connectivity index (χ0) is 20.1. The summed E-state index contributed by atoms with van der Waals surface area (Å²) in [4.78, 5) is 26.6. The van der Waals surface area contributed by atoms with Crippen LogP contribution in [0.25, 0.3) is 0 Å². The molecule has 1 atom stereocenters. The third kappa shape index (κ3) is 4.63. The average molecular weight is 382 g/mol. The van der Waals surface area contributed by atoms with Crippen molar-refractivity contribution in [1.82, 2.24) is 10.2 Å². The zero-order valence-electron chi connectivity index (χ0n) is 16.5. The largest absolute Gasteiger partial charge is 0.493 e. The minimum atomic E-state index is -0.321. The van der Waals surface area contributed by atoms with Crippen LogP contribution >= 0.6 is 0 Å². The lowest BCUT2D eigenvalue weighted by molar-refractivity contribution is -0.129. The van der Waals surface area contributed by atoms with E-state index in [1.54, 1.807) is 19.1 Å². The highest BCUT2D eigenvalue weighted by molar-refractivity contribution is 5.89. The normalized spacial score (nSPS) is 16.2. The summed E-state index contributed by atoms with van der Waals surface area (Å²) in [7, 11) is 3.16. The van der Waals surface area contributed by atoms with Crippen LogP contribution in [0.5, 0.6) is 11.5 Å². The van der Waals surface area contributed by atoms with Crippen LogP contribution in [0.1, 0.15) is 23.1 Å². The van der Waals surface area contributed by atoms with Crippen molar-refractivity contribution >= 4 is 11.8 Å². The molecule has 0 aromatic heterocycles. The van der Waals surface area contributed by atoms with Gasteiger partial charge in [-0.15, -0.1) is 0 Å². The predicted molar refractivity (Wildman–Crippen MR) is 106 cm³/mol. The number of nitrogens with one attached hydrogen (secondary N) is 1. The lowest BCUT2D eigenvalue weighted by Gasteiger charge is -2.17. The molecule has 1 fully saturated rings. The Morgan fingerprint density at radius 2 is 1.75 bits per heavy atom. The summed E-state index contributed by atoms with van der Waals surface area (Å²) in [6, 6.07) is 13.6. The summed E-state index contributed by atoms with van der Waals surface area (Å²) in [6.07, 6.45) is 0.254. The number of likely N-dealkylation sites (tertiary alicyclic amines) is 1. The van der Waals surface area contributed by atoms with Gasteiger partial charge < -0.3 is 19.7 Å². The summed E-state index contributed by atoms with van der Waals surface area (Å²) in [5.74, 6) is 0.861. The maximum atomic E-state index is 12.5. The fraction of sp³-hybridized carbons (Fsp3) is 0.364. The first-order valence-electron chi connectivity index (χ1n) is 9.32. The highest BCUT2D eigenvalue weighted by Crippen LogP contribution is 2.27. The molecular weight excluding hydrogens is 356 g/mol. The minimum Gasteiger partial charge on any atom is -0.493 e. The summed E-state index contributed by atoms with van der Waals surface area (Å²) < 4.78 is 10.5. The Hall–Kier alpha value is -3.02. The molecule has 2 aromatic carbocycles. The molecule has 0 aliphatic carbocycles. The van der Waals surface area contributed by atoms with Crippen molar-refractivity contribution in [3.05, 3.63) is 59.2 Å². The Balaban J connectivity index is 1.55. The van der Waals surface area contributed by atoms with Crippen LogP contribution < -0.4 is 14.8 Å². The number of benzene rings is 2. The van der Waals surface area contributed by atoms with E-state index in [-0.39, 0.29) is 24.2 Å². The first-order chi connectivity index (χ1) is 13.5. The molecular formula is C22H26N2O4. The fourth-order valence-electron chi connectivity index (χ4n) is 3.34. The predicted octanol–water partition coefficient (Wildman–Crippen LogP) is 2.68. The van der Waals surface area contributed by atoms with E-state index >= 15 is 0 Å². The Kier molecular flexibility index (Phi) is 6.19. The van der Waals surface area contributed by atoms with Gasteiger partial charge in [-0.25, -0.2) is 0 Å². The number of hydrogen-bond donors (Lipinski definition) is 1. The zero-order valence-corrected chi connectivity index (χ0v) is 16.5. The Morgan fingerprint density at radius 3 is 2.43 bits per heavy atom. The standard InChI is InChI=1S/C22H26N2O4/c1-15-4-6-16(7-5-15)13-24-14-18(11-21(24)25)22(26)23-12-17-8-9-19(27-2)20(10-17)28-3/h4-10,18H,11-14H2,1-3H3,(H,23,26). The molecule has 1 saturated heterocycles. The molecule has 0 bridgehead atoms. The number of ether oxygens (including phenoxy) is 2. The summed E-state index contributed by atoms with van der Waals surface area (Å²) in [5, 5.41) is 2.93. The molecule has 148 valence electrons. The molecule has 6 heteroatoms. The molecule has 2 amide bonds. The molecule has 28 heavy (non-hydrogen) atoms. The summed E-state index contributed by atoms with van der Waals surface area (Å²) >= 11 is 0. The second-order valence-corrected chi connectivity index (χ2v) is 7.07. The number of methoxy groups -OCH3 is 2. The van der Waals surface area contributed by atoms with Gasteiger partial charge in [0, 0.05) is 26.1 Å². The average Bonchev–Trinajstić information content (AvgIpc) is 3.08. The van der Waals surface area contributed by atoms with E-state index in [0.717, 1.165) is 11.1 Å². The number of aryl methyl sites for hydroxylation is 1. The second-order valence-electron chi connectivity index (χ2n) is 7.07. The van der Waals surface area contributed by atoms with Crippen molar-refractivity contribution < 1.29 is 19.1 Å². The molecule has 3 rings (SSSR count). The molecule has 1 N–H and O–H groups in total. The van der Waals surface area contributed by atoms with Crippen LogP contribution in [0.2, 0.25) is 0 Å². The lowest BCUT2D eigenvalue weighted by atomic mass is 10.1. The monoisotopic (exact) mass is 382 g/mol.